The van der Waals surface area contributed by atoms with E-state index in [9.17, 15) is 8.42 Å². The third kappa shape index (κ3) is 3.72. The number of aryl methyl sites for hydroxylation is 1. The predicted octanol–water partition coefficient (Wildman–Crippen LogP) is 2.08. The van der Waals surface area contributed by atoms with Crippen LogP contribution in [-0.4, -0.2) is 32.4 Å². The van der Waals surface area contributed by atoms with E-state index in [1.165, 1.54) is 4.31 Å². The number of rotatable bonds is 4. The first-order valence-electron chi connectivity index (χ1n) is 6.66. The molecule has 1 aromatic rings. The molecule has 1 atom stereocenters. The highest BCUT2D eigenvalue weighted by molar-refractivity contribution is 9.10. The number of benzene rings is 1. The molecule has 1 aliphatic rings. The molecular formula is C13H20BrN3O2S. The van der Waals surface area contributed by atoms with Gasteiger partial charge in [0.1, 0.15) is 0 Å². The number of hydrogen-bond donors (Lipinski definition) is 2. The fraction of sp³-hybridized carbons (Fsp3) is 0.538. The first-order valence-corrected chi connectivity index (χ1v) is 8.90. The zero-order valence-corrected chi connectivity index (χ0v) is 13.9. The number of nitrogens with two attached hydrogens (primary N) is 1. The Morgan fingerprint density at radius 2 is 2.25 bits per heavy atom. The Bertz CT molecular complexity index is 577. The van der Waals surface area contributed by atoms with Crippen molar-refractivity contribution in [3.8, 4) is 0 Å². The van der Waals surface area contributed by atoms with Crippen molar-refractivity contribution in [2.45, 2.75) is 19.8 Å². The summed E-state index contributed by atoms with van der Waals surface area (Å²) in [7, 11) is -3.50. The van der Waals surface area contributed by atoms with Gasteiger partial charge in [0.05, 0.1) is 5.69 Å². The van der Waals surface area contributed by atoms with Crippen LogP contribution in [0.3, 0.4) is 0 Å². The monoisotopic (exact) mass is 361 g/mol. The van der Waals surface area contributed by atoms with Crippen LogP contribution in [0.25, 0.3) is 0 Å². The third-order valence-electron chi connectivity index (χ3n) is 3.58. The lowest BCUT2D eigenvalue weighted by Gasteiger charge is -2.31. The van der Waals surface area contributed by atoms with E-state index < -0.39 is 10.2 Å². The van der Waals surface area contributed by atoms with Gasteiger partial charge in [0.15, 0.2) is 0 Å². The SMILES string of the molecule is Cc1cc(Br)ccc1NS(=O)(=O)N1CCCC(CN)C1. The summed E-state index contributed by atoms with van der Waals surface area (Å²) in [6.45, 7) is 3.47. The van der Waals surface area contributed by atoms with Gasteiger partial charge < -0.3 is 5.73 Å². The fourth-order valence-corrected chi connectivity index (χ4v) is 4.27. The maximum absolute atomic E-state index is 12.4. The molecule has 0 bridgehead atoms. The van der Waals surface area contributed by atoms with Crippen molar-refractivity contribution in [3.05, 3.63) is 28.2 Å². The molecule has 3 N–H and O–H groups in total. The number of halogens is 1. The third-order valence-corrected chi connectivity index (χ3v) is 5.56. The summed E-state index contributed by atoms with van der Waals surface area (Å²) >= 11 is 3.37. The quantitative estimate of drug-likeness (QED) is 0.861. The van der Waals surface area contributed by atoms with E-state index in [2.05, 4.69) is 20.7 Å². The summed E-state index contributed by atoms with van der Waals surface area (Å²) in [6.07, 6.45) is 1.86. The minimum absolute atomic E-state index is 0.256. The average Bonchev–Trinajstić information content (AvgIpc) is 2.42. The minimum Gasteiger partial charge on any atom is -0.330 e. The van der Waals surface area contributed by atoms with E-state index in [1.807, 2.05) is 19.1 Å². The van der Waals surface area contributed by atoms with Gasteiger partial charge in [0.25, 0.3) is 0 Å². The van der Waals surface area contributed by atoms with Crippen molar-refractivity contribution in [2.75, 3.05) is 24.4 Å². The second kappa shape index (κ2) is 6.43. The molecule has 0 amide bonds. The van der Waals surface area contributed by atoms with Gasteiger partial charge in [-0.1, -0.05) is 15.9 Å². The Morgan fingerprint density at radius 3 is 2.90 bits per heavy atom. The number of piperidine rings is 1. The van der Waals surface area contributed by atoms with Gasteiger partial charge in [-0.05, 0) is 56.0 Å². The molecule has 1 fully saturated rings. The van der Waals surface area contributed by atoms with Crippen LogP contribution in [0.2, 0.25) is 0 Å². The fourth-order valence-electron chi connectivity index (χ4n) is 2.38. The lowest BCUT2D eigenvalue weighted by Crippen LogP contribution is -2.44. The van der Waals surface area contributed by atoms with E-state index in [1.54, 1.807) is 6.07 Å². The molecule has 1 aromatic carbocycles. The second-order valence-corrected chi connectivity index (χ2v) is 7.75. The molecule has 5 nitrogen and oxygen atoms in total. The normalized spacial score (nSPS) is 20.9. The maximum atomic E-state index is 12.4. The molecule has 0 aromatic heterocycles. The summed E-state index contributed by atoms with van der Waals surface area (Å²) in [4.78, 5) is 0. The molecule has 1 saturated heterocycles. The molecular weight excluding hydrogens is 342 g/mol. The first kappa shape index (κ1) is 15.8. The van der Waals surface area contributed by atoms with Crippen LogP contribution in [0.4, 0.5) is 5.69 Å². The zero-order valence-electron chi connectivity index (χ0n) is 11.5. The van der Waals surface area contributed by atoms with Gasteiger partial charge in [-0.3, -0.25) is 4.72 Å². The summed E-state index contributed by atoms with van der Waals surface area (Å²) < 4.78 is 29.9. The molecule has 0 spiro atoms. The van der Waals surface area contributed by atoms with Gasteiger partial charge in [-0.15, -0.1) is 0 Å². The van der Waals surface area contributed by atoms with Crippen molar-refractivity contribution in [1.29, 1.82) is 0 Å². The minimum atomic E-state index is -3.50. The van der Waals surface area contributed by atoms with Crippen molar-refractivity contribution in [2.24, 2.45) is 11.7 Å². The van der Waals surface area contributed by atoms with Crippen LogP contribution in [0.15, 0.2) is 22.7 Å². The van der Waals surface area contributed by atoms with Crippen LogP contribution in [-0.2, 0) is 10.2 Å². The highest BCUT2D eigenvalue weighted by atomic mass is 79.9. The standard InChI is InChI=1S/C13H20BrN3O2S/c1-10-7-12(14)4-5-13(10)16-20(18,19)17-6-2-3-11(8-15)9-17/h4-5,7,11,16H,2-3,6,8-9,15H2,1H3. The molecule has 0 aliphatic carbocycles. The second-order valence-electron chi connectivity index (χ2n) is 5.17. The smallest absolute Gasteiger partial charge is 0.301 e. The number of hydrogen-bond acceptors (Lipinski definition) is 3. The molecule has 2 rings (SSSR count). The Balaban J connectivity index is 2.14. The van der Waals surface area contributed by atoms with Crippen molar-refractivity contribution < 1.29 is 8.42 Å². The lowest BCUT2D eigenvalue weighted by atomic mass is 10.0. The van der Waals surface area contributed by atoms with E-state index >= 15 is 0 Å². The van der Waals surface area contributed by atoms with E-state index in [0.717, 1.165) is 22.9 Å². The molecule has 1 aliphatic heterocycles. The topological polar surface area (TPSA) is 75.4 Å². The molecule has 1 unspecified atom stereocenters. The number of nitrogens with zero attached hydrogens (tertiary/aromatic N) is 1. The Labute approximate surface area is 128 Å². The van der Waals surface area contributed by atoms with Crippen LogP contribution >= 0.6 is 15.9 Å². The molecule has 1 heterocycles. The van der Waals surface area contributed by atoms with Crippen LogP contribution in [0.5, 0.6) is 0 Å². The highest BCUT2D eigenvalue weighted by Crippen LogP contribution is 2.24. The van der Waals surface area contributed by atoms with Crippen molar-refractivity contribution in [3.63, 3.8) is 0 Å². The zero-order chi connectivity index (χ0) is 14.8. The predicted molar refractivity (Wildman–Crippen MR) is 84.8 cm³/mol. The Kier molecular flexibility index (Phi) is 5.06. The average molecular weight is 362 g/mol. The summed E-state index contributed by atoms with van der Waals surface area (Å²) in [5, 5.41) is 0. The van der Waals surface area contributed by atoms with Crippen molar-refractivity contribution >= 4 is 31.8 Å². The van der Waals surface area contributed by atoms with Crippen LogP contribution in [0.1, 0.15) is 18.4 Å². The molecule has 0 saturated carbocycles. The van der Waals surface area contributed by atoms with Gasteiger partial charge in [-0.25, -0.2) is 0 Å². The lowest BCUT2D eigenvalue weighted by molar-refractivity contribution is 0.273. The molecule has 0 radical (unpaired) electrons. The van der Waals surface area contributed by atoms with Crippen LogP contribution in [0, 0.1) is 12.8 Å². The first-order chi connectivity index (χ1) is 9.42. The highest BCUT2D eigenvalue weighted by Gasteiger charge is 2.28. The molecule has 7 heteroatoms. The van der Waals surface area contributed by atoms with Gasteiger partial charge in [0.2, 0.25) is 0 Å². The van der Waals surface area contributed by atoms with Crippen molar-refractivity contribution in [1.82, 2.24) is 4.31 Å². The summed E-state index contributed by atoms with van der Waals surface area (Å²) in [5.41, 5.74) is 7.15. The van der Waals surface area contributed by atoms with E-state index in [0.29, 0.717) is 25.3 Å². The summed E-state index contributed by atoms with van der Waals surface area (Å²) in [6, 6.07) is 5.47. The van der Waals surface area contributed by atoms with Gasteiger partial charge >= 0.3 is 10.2 Å². The van der Waals surface area contributed by atoms with E-state index in [-0.39, 0.29) is 5.92 Å². The number of anilines is 1. The largest absolute Gasteiger partial charge is 0.330 e. The molecule has 20 heavy (non-hydrogen) atoms. The maximum Gasteiger partial charge on any atom is 0.301 e. The van der Waals surface area contributed by atoms with Gasteiger partial charge in [0, 0.05) is 17.6 Å². The van der Waals surface area contributed by atoms with Gasteiger partial charge in [-0.2, -0.15) is 12.7 Å². The summed E-state index contributed by atoms with van der Waals surface area (Å²) in [5.74, 6) is 0.256. The number of nitrogens with one attached hydrogen (secondary N) is 1. The Morgan fingerprint density at radius 1 is 1.50 bits per heavy atom. The van der Waals surface area contributed by atoms with E-state index in [4.69, 9.17) is 5.73 Å². The van der Waals surface area contributed by atoms with Crippen LogP contribution < -0.4 is 10.5 Å². The Hall–Kier alpha value is -0.630. The molecule has 112 valence electrons.